The van der Waals surface area contributed by atoms with Gasteiger partial charge in [0.25, 0.3) is 0 Å². The standard InChI is InChI=1S/C16H24N2O2/c1-4-17(5-2)15(19)12-18-11-7-9-13-8-6-10-14(20-3)16(13)18/h6,8,10H,4-5,7,9,11-12H2,1-3H3. The molecule has 1 aromatic rings. The van der Waals surface area contributed by atoms with Gasteiger partial charge in [-0.05, 0) is 38.3 Å². The number of amides is 1. The third-order valence-corrected chi connectivity index (χ3v) is 3.94. The van der Waals surface area contributed by atoms with E-state index < -0.39 is 0 Å². The number of carbonyl (C=O) groups excluding carboxylic acids is 1. The second-order valence-electron chi connectivity index (χ2n) is 5.06. The molecule has 20 heavy (non-hydrogen) atoms. The van der Waals surface area contributed by atoms with E-state index in [1.54, 1.807) is 7.11 Å². The Morgan fingerprint density at radius 3 is 2.75 bits per heavy atom. The largest absolute Gasteiger partial charge is 0.495 e. The van der Waals surface area contributed by atoms with Crippen molar-refractivity contribution in [3.05, 3.63) is 23.8 Å². The third-order valence-electron chi connectivity index (χ3n) is 3.94. The van der Waals surface area contributed by atoms with Crippen molar-refractivity contribution in [2.75, 3.05) is 38.2 Å². The van der Waals surface area contributed by atoms with E-state index in [1.807, 2.05) is 30.9 Å². The lowest BCUT2D eigenvalue weighted by Gasteiger charge is -2.33. The maximum atomic E-state index is 12.3. The minimum atomic E-state index is 0.189. The monoisotopic (exact) mass is 276 g/mol. The Morgan fingerprint density at radius 2 is 2.10 bits per heavy atom. The molecule has 0 bridgehead atoms. The van der Waals surface area contributed by atoms with Gasteiger partial charge < -0.3 is 14.5 Å². The van der Waals surface area contributed by atoms with Crippen LogP contribution in [-0.2, 0) is 11.2 Å². The molecule has 1 aliphatic rings. The summed E-state index contributed by atoms with van der Waals surface area (Å²) < 4.78 is 5.47. The third kappa shape index (κ3) is 2.89. The number of hydrogen-bond acceptors (Lipinski definition) is 3. The van der Waals surface area contributed by atoms with Crippen LogP contribution in [0.5, 0.6) is 5.75 Å². The first-order valence-corrected chi connectivity index (χ1v) is 7.39. The minimum Gasteiger partial charge on any atom is -0.495 e. The van der Waals surface area contributed by atoms with Gasteiger partial charge in [0.15, 0.2) is 0 Å². The molecular formula is C16H24N2O2. The zero-order chi connectivity index (χ0) is 14.5. The summed E-state index contributed by atoms with van der Waals surface area (Å²) in [6.07, 6.45) is 2.15. The molecule has 1 aliphatic heterocycles. The maximum absolute atomic E-state index is 12.3. The Hall–Kier alpha value is -1.71. The average molecular weight is 276 g/mol. The fourth-order valence-corrected chi connectivity index (χ4v) is 2.86. The highest BCUT2D eigenvalue weighted by molar-refractivity contribution is 5.83. The van der Waals surface area contributed by atoms with Crippen LogP contribution in [0.4, 0.5) is 5.69 Å². The predicted octanol–water partition coefficient (Wildman–Crippen LogP) is 2.32. The van der Waals surface area contributed by atoms with Crippen molar-refractivity contribution in [2.24, 2.45) is 0 Å². The van der Waals surface area contributed by atoms with E-state index in [0.29, 0.717) is 6.54 Å². The zero-order valence-corrected chi connectivity index (χ0v) is 12.7. The molecule has 0 aliphatic carbocycles. The van der Waals surface area contributed by atoms with Gasteiger partial charge in [0, 0.05) is 19.6 Å². The molecule has 0 radical (unpaired) electrons. The summed E-state index contributed by atoms with van der Waals surface area (Å²) in [5, 5.41) is 0. The zero-order valence-electron chi connectivity index (χ0n) is 12.7. The van der Waals surface area contributed by atoms with Gasteiger partial charge in [0.05, 0.1) is 19.3 Å². The van der Waals surface area contributed by atoms with Gasteiger partial charge in [-0.1, -0.05) is 12.1 Å². The van der Waals surface area contributed by atoms with Crippen LogP contribution in [0, 0.1) is 0 Å². The van der Waals surface area contributed by atoms with Crippen molar-refractivity contribution >= 4 is 11.6 Å². The average Bonchev–Trinajstić information content (AvgIpc) is 2.48. The van der Waals surface area contributed by atoms with Gasteiger partial charge in [0.2, 0.25) is 5.91 Å². The van der Waals surface area contributed by atoms with E-state index in [2.05, 4.69) is 11.0 Å². The highest BCUT2D eigenvalue weighted by Crippen LogP contribution is 2.35. The number of methoxy groups -OCH3 is 1. The van der Waals surface area contributed by atoms with Crippen LogP contribution >= 0.6 is 0 Å². The Bertz CT molecular complexity index is 455. The molecule has 0 unspecified atom stereocenters. The van der Waals surface area contributed by atoms with Crippen molar-refractivity contribution in [1.29, 1.82) is 0 Å². The van der Waals surface area contributed by atoms with Crippen molar-refractivity contribution in [3.63, 3.8) is 0 Å². The van der Waals surface area contributed by atoms with Crippen molar-refractivity contribution in [3.8, 4) is 5.75 Å². The molecule has 4 heteroatoms. The van der Waals surface area contributed by atoms with E-state index >= 15 is 0 Å². The number of fused-ring (bicyclic) bond motifs is 1. The lowest BCUT2D eigenvalue weighted by Crippen LogP contribution is -2.42. The molecule has 1 aromatic carbocycles. The number of carbonyl (C=O) groups is 1. The number of anilines is 1. The molecule has 110 valence electrons. The quantitative estimate of drug-likeness (QED) is 0.827. The summed E-state index contributed by atoms with van der Waals surface area (Å²) in [5.41, 5.74) is 2.38. The summed E-state index contributed by atoms with van der Waals surface area (Å²) >= 11 is 0. The van der Waals surface area contributed by atoms with Crippen LogP contribution in [0.2, 0.25) is 0 Å². The van der Waals surface area contributed by atoms with E-state index in [0.717, 1.165) is 43.9 Å². The summed E-state index contributed by atoms with van der Waals surface area (Å²) in [6.45, 7) is 6.93. The number of nitrogens with zero attached hydrogens (tertiary/aromatic N) is 2. The van der Waals surface area contributed by atoms with Crippen LogP contribution in [0.3, 0.4) is 0 Å². The first-order chi connectivity index (χ1) is 9.71. The number of hydrogen-bond donors (Lipinski definition) is 0. The Balaban J connectivity index is 2.22. The van der Waals surface area contributed by atoms with Crippen LogP contribution < -0.4 is 9.64 Å². The molecular weight excluding hydrogens is 252 g/mol. The molecule has 0 N–H and O–H groups in total. The summed E-state index contributed by atoms with van der Waals surface area (Å²) in [4.78, 5) is 16.4. The van der Waals surface area contributed by atoms with Crippen molar-refractivity contribution < 1.29 is 9.53 Å². The fraction of sp³-hybridized carbons (Fsp3) is 0.562. The van der Waals surface area contributed by atoms with Gasteiger partial charge in [0.1, 0.15) is 5.75 Å². The molecule has 0 saturated heterocycles. The van der Waals surface area contributed by atoms with Crippen LogP contribution in [-0.4, -0.2) is 44.1 Å². The molecule has 0 aromatic heterocycles. The normalized spacial score (nSPS) is 13.8. The van der Waals surface area contributed by atoms with Crippen LogP contribution in [0.1, 0.15) is 25.8 Å². The second-order valence-corrected chi connectivity index (χ2v) is 5.06. The van der Waals surface area contributed by atoms with Gasteiger partial charge in [-0.25, -0.2) is 0 Å². The second kappa shape index (κ2) is 6.64. The molecule has 4 nitrogen and oxygen atoms in total. The molecule has 2 rings (SSSR count). The number of ether oxygens (including phenoxy) is 1. The van der Waals surface area contributed by atoms with E-state index in [1.165, 1.54) is 5.56 Å². The maximum Gasteiger partial charge on any atom is 0.242 e. The van der Waals surface area contributed by atoms with Crippen LogP contribution in [0.25, 0.3) is 0 Å². The Labute approximate surface area is 121 Å². The lowest BCUT2D eigenvalue weighted by molar-refractivity contribution is -0.129. The molecule has 0 atom stereocenters. The SMILES string of the molecule is CCN(CC)C(=O)CN1CCCc2cccc(OC)c21. The summed E-state index contributed by atoms with van der Waals surface area (Å²) in [5.74, 6) is 1.06. The number of para-hydroxylation sites is 1. The highest BCUT2D eigenvalue weighted by Gasteiger charge is 2.23. The van der Waals surface area contributed by atoms with Gasteiger partial charge in [-0.2, -0.15) is 0 Å². The number of benzene rings is 1. The summed E-state index contributed by atoms with van der Waals surface area (Å²) in [7, 11) is 1.69. The molecule has 1 amide bonds. The van der Waals surface area contributed by atoms with Gasteiger partial charge >= 0.3 is 0 Å². The molecule has 0 saturated carbocycles. The minimum absolute atomic E-state index is 0.189. The van der Waals surface area contributed by atoms with Crippen molar-refractivity contribution in [2.45, 2.75) is 26.7 Å². The Morgan fingerprint density at radius 1 is 1.35 bits per heavy atom. The van der Waals surface area contributed by atoms with Gasteiger partial charge in [-0.15, -0.1) is 0 Å². The number of likely N-dealkylation sites (N-methyl/N-ethyl adjacent to an activating group) is 1. The van der Waals surface area contributed by atoms with E-state index in [9.17, 15) is 4.79 Å². The van der Waals surface area contributed by atoms with Gasteiger partial charge in [-0.3, -0.25) is 4.79 Å². The lowest BCUT2D eigenvalue weighted by atomic mass is 10.0. The Kier molecular flexibility index (Phi) is 4.88. The number of rotatable bonds is 5. The molecule has 1 heterocycles. The van der Waals surface area contributed by atoms with Crippen molar-refractivity contribution in [1.82, 2.24) is 4.90 Å². The first kappa shape index (κ1) is 14.7. The first-order valence-electron chi connectivity index (χ1n) is 7.39. The summed E-state index contributed by atoms with van der Waals surface area (Å²) in [6, 6.07) is 6.12. The smallest absolute Gasteiger partial charge is 0.242 e. The van der Waals surface area contributed by atoms with Crippen LogP contribution in [0.15, 0.2) is 18.2 Å². The molecule has 0 spiro atoms. The highest BCUT2D eigenvalue weighted by atomic mass is 16.5. The fourth-order valence-electron chi connectivity index (χ4n) is 2.86. The predicted molar refractivity (Wildman–Crippen MR) is 81.5 cm³/mol. The topological polar surface area (TPSA) is 32.8 Å². The van der Waals surface area contributed by atoms with E-state index in [-0.39, 0.29) is 5.91 Å². The number of aryl methyl sites for hydroxylation is 1. The van der Waals surface area contributed by atoms with E-state index in [4.69, 9.17) is 4.74 Å². The molecule has 0 fully saturated rings.